The SMILES string of the molecule is Cc1cc(C(C)(C)C)on1.Cc1ccc(NC(=O)Cc2noc3ccccc23)cc1. The van der Waals surface area contributed by atoms with Gasteiger partial charge in [-0.2, -0.15) is 0 Å². The van der Waals surface area contributed by atoms with Gasteiger partial charge in [0.05, 0.1) is 12.1 Å². The Balaban J connectivity index is 0.000000216. The van der Waals surface area contributed by atoms with Gasteiger partial charge in [0.25, 0.3) is 0 Å². The Bertz CT molecular complexity index is 1120. The highest BCUT2D eigenvalue weighted by Gasteiger charge is 2.18. The minimum absolute atomic E-state index is 0.0846. The molecule has 0 saturated heterocycles. The van der Waals surface area contributed by atoms with Crippen molar-refractivity contribution in [2.24, 2.45) is 0 Å². The van der Waals surface area contributed by atoms with Crippen molar-refractivity contribution in [3.63, 3.8) is 0 Å². The standard InChI is InChI=1S/C16H14N2O2.C8H13NO/c1-11-6-8-12(9-7-11)17-16(19)10-14-13-4-2-3-5-15(13)20-18-14;1-6-5-7(10-9-6)8(2,3)4/h2-9H,10H2,1H3,(H,17,19);5H,1-4H3. The van der Waals surface area contributed by atoms with Crippen LogP contribution in [0.25, 0.3) is 11.0 Å². The molecular weight excluding hydrogens is 378 g/mol. The van der Waals surface area contributed by atoms with Crippen LogP contribution in [-0.2, 0) is 16.6 Å². The van der Waals surface area contributed by atoms with Crippen molar-refractivity contribution >= 4 is 22.6 Å². The highest BCUT2D eigenvalue weighted by molar-refractivity contribution is 5.94. The maximum absolute atomic E-state index is 12.0. The molecule has 1 amide bonds. The van der Waals surface area contributed by atoms with Gasteiger partial charge in [0.15, 0.2) is 5.58 Å². The van der Waals surface area contributed by atoms with E-state index >= 15 is 0 Å². The van der Waals surface area contributed by atoms with E-state index in [4.69, 9.17) is 9.05 Å². The minimum atomic E-state index is -0.104. The van der Waals surface area contributed by atoms with Gasteiger partial charge in [-0.15, -0.1) is 0 Å². The normalized spacial score (nSPS) is 11.1. The lowest BCUT2D eigenvalue weighted by Gasteiger charge is -2.11. The Hall–Kier alpha value is -3.41. The summed E-state index contributed by atoms with van der Waals surface area (Å²) in [5, 5.41) is 11.5. The number of benzene rings is 2. The fourth-order valence-corrected chi connectivity index (χ4v) is 2.78. The lowest BCUT2D eigenvalue weighted by Crippen LogP contribution is -2.14. The highest BCUT2D eigenvalue weighted by Crippen LogP contribution is 2.22. The first kappa shape index (κ1) is 21.3. The molecule has 4 aromatic rings. The van der Waals surface area contributed by atoms with Crippen molar-refractivity contribution in [2.45, 2.75) is 46.5 Å². The molecule has 0 aliphatic heterocycles. The molecule has 0 unspecified atom stereocenters. The van der Waals surface area contributed by atoms with Gasteiger partial charge in [-0.25, -0.2) is 0 Å². The Morgan fingerprint density at radius 3 is 2.27 bits per heavy atom. The Labute approximate surface area is 176 Å². The summed E-state index contributed by atoms with van der Waals surface area (Å²) in [4.78, 5) is 12.0. The first-order valence-electron chi connectivity index (χ1n) is 9.86. The monoisotopic (exact) mass is 405 g/mol. The van der Waals surface area contributed by atoms with E-state index in [9.17, 15) is 4.79 Å². The van der Waals surface area contributed by atoms with Gasteiger partial charge < -0.3 is 14.4 Å². The van der Waals surface area contributed by atoms with E-state index in [0.29, 0.717) is 11.3 Å². The Morgan fingerprint density at radius 2 is 1.67 bits per heavy atom. The third-order valence-electron chi connectivity index (χ3n) is 4.48. The van der Waals surface area contributed by atoms with Crippen LogP contribution in [0.1, 0.15) is 43.5 Å². The molecule has 0 aliphatic carbocycles. The van der Waals surface area contributed by atoms with Crippen molar-refractivity contribution in [3.8, 4) is 0 Å². The number of anilines is 1. The third-order valence-corrected chi connectivity index (χ3v) is 4.48. The number of carbonyl (C=O) groups excluding carboxylic acids is 1. The lowest BCUT2D eigenvalue weighted by molar-refractivity contribution is -0.115. The van der Waals surface area contributed by atoms with Gasteiger partial charge in [-0.05, 0) is 38.1 Å². The number of aromatic nitrogens is 2. The predicted octanol–water partition coefficient (Wildman–Crippen LogP) is 5.60. The predicted molar refractivity (Wildman–Crippen MR) is 117 cm³/mol. The number of nitrogens with one attached hydrogen (secondary N) is 1. The zero-order valence-electron chi connectivity index (χ0n) is 18.0. The van der Waals surface area contributed by atoms with Crippen LogP contribution >= 0.6 is 0 Å². The maximum atomic E-state index is 12.0. The van der Waals surface area contributed by atoms with Gasteiger partial charge in [0.1, 0.15) is 11.5 Å². The molecule has 0 aliphatic rings. The fourth-order valence-electron chi connectivity index (χ4n) is 2.78. The van der Waals surface area contributed by atoms with E-state index in [2.05, 4.69) is 36.4 Å². The van der Waals surface area contributed by atoms with Crippen molar-refractivity contribution in [2.75, 3.05) is 5.32 Å². The number of nitrogens with zero attached hydrogens (tertiary/aromatic N) is 2. The summed E-state index contributed by atoms with van der Waals surface area (Å²) in [6, 6.07) is 17.2. The molecule has 2 aromatic heterocycles. The molecular formula is C24H27N3O3. The lowest BCUT2D eigenvalue weighted by atomic mass is 9.93. The molecule has 6 heteroatoms. The molecule has 6 nitrogen and oxygen atoms in total. The van der Waals surface area contributed by atoms with Gasteiger partial charge in [0, 0.05) is 22.6 Å². The number of fused-ring (bicyclic) bond motifs is 1. The summed E-state index contributed by atoms with van der Waals surface area (Å²) in [7, 11) is 0. The zero-order chi connectivity index (χ0) is 21.7. The second-order valence-corrected chi connectivity index (χ2v) is 8.30. The second-order valence-electron chi connectivity index (χ2n) is 8.30. The molecule has 0 radical (unpaired) electrons. The molecule has 0 spiro atoms. The number of amides is 1. The largest absolute Gasteiger partial charge is 0.361 e. The zero-order valence-corrected chi connectivity index (χ0v) is 18.0. The summed E-state index contributed by atoms with van der Waals surface area (Å²) in [5.41, 5.74) is 4.33. The molecule has 30 heavy (non-hydrogen) atoms. The van der Waals surface area contributed by atoms with Crippen molar-refractivity contribution in [3.05, 3.63) is 77.3 Å². The number of para-hydroxylation sites is 1. The van der Waals surface area contributed by atoms with Gasteiger partial charge >= 0.3 is 0 Å². The van der Waals surface area contributed by atoms with E-state index in [1.807, 2.05) is 68.4 Å². The van der Waals surface area contributed by atoms with Crippen LogP contribution in [-0.4, -0.2) is 16.2 Å². The molecule has 2 heterocycles. The van der Waals surface area contributed by atoms with Crippen LogP contribution in [0, 0.1) is 13.8 Å². The second kappa shape index (κ2) is 8.95. The Kier molecular flexibility index (Phi) is 6.35. The van der Waals surface area contributed by atoms with Gasteiger partial charge in [0.2, 0.25) is 5.91 Å². The van der Waals surface area contributed by atoms with Crippen LogP contribution in [0.5, 0.6) is 0 Å². The molecule has 0 bridgehead atoms. The van der Waals surface area contributed by atoms with E-state index < -0.39 is 0 Å². The van der Waals surface area contributed by atoms with Crippen molar-refractivity contribution < 1.29 is 13.8 Å². The summed E-state index contributed by atoms with van der Waals surface area (Å²) < 4.78 is 10.3. The van der Waals surface area contributed by atoms with Crippen LogP contribution in [0.4, 0.5) is 5.69 Å². The average Bonchev–Trinajstić information content (AvgIpc) is 3.31. The fraction of sp³-hybridized carbons (Fsp3) is 0.292. The number of carbonyl (C=O) groups is 1. The topological polar surface area (TPSA) is 81.2 Å². The maximum Gasteiger partial charge on any atom is 0.230 e. The molecule has 156 valence electrons. The Morgan fingerprint density at radius 1 is 0.967 bits per heavy atom. The molecule has 2 aromatic carbocycles. The first-order chi connectivity index (χ1) is 14.2. The molecule has 0 atom stereocenters. The number of hydrogen-bond acceptors (Lipinski definition) is 5. The van der Waals surface area contributed by atoms with Crippen LogP contribution < -0.4 is 5.32 Å². The first-order valence-corrected chi connectivity index (χ1v) is 9.86. The van der Waals surface area contributed by atoms with E-state index in [1.165, 1.54) is 0 Å². The third kappa shape index (κ3) is 5.56. The number of aryl methyl sites for hydroxylation is 2. The van der Waals surface area contributed by atoms with Crippen LogP contribution in [0.15, 0.2) is 63.6 Å². The van der Waals surface area contributed by atoms with E-state index in [-0.39, 0.29) is 17.7 Å². The molecule has 1 N–H and O–H groups in total. The van der Waals surface area contributed by atoms with Crippen LogP contribution in [0.3, 0.4) is 0 Å². The van der Waals surface area contributed by atoms with E-state index in [0.717, 1.165) is 28.1 Å². The molecule has 4 rings (SSSR count). The van der Waals surface area contributed by atoms with Gasteiger partial charge in [-0.1, -0.05) is 60.9 Å². The highest BCUT2D eigenvalue weighted by atomic mass is 16.5. The summed E-state index contributed by atoms with van der Waals surface area (Å²) in [5.74, 6) is 0.845. The quantitative estimate of drug-likeness (QED) is 0.480. The molecule has 0 fully saturated rings. The van der Waals surface area contributed by atoms with Crippen LogP contribution in [0.2, 0.25) is 0 Å². The van der Waals surface area contributed by atoms with Crippen molar-refractivity contribution in [1.29, 1.82) is 0 Å². The molecule has 0 saturated carbocycles. The van der Waals surface area contributed by atoms with Gasteiger partial charge in [-0.3, -0.25) is 4.79 Å². The summed E-state index contributed by atoms with van der Waals surface area (Å²) in [6.45, 7) is 10.2. The minimum Gasteiger partial charge on any atom is -0.361 e. The summed E-state index contributed by atoms with van der Waals surface area (Å²) in [6.07, 6.45) is 0.199. The summed E-state index contributed by atoms with van der Waals surface area (Å²) >= 11 is 0. The number of rotatable bonds is 3. The van der Waals surface area contributed by atoms with E-state index in [1.54, 1.807) is 0 Å². The van der Waals surface area contributed by atoms with Crippen molar-refractivity contribution in [1.82, 2.24) is 10.3 Å². The number of hydrogen-bond donors (Lipinski definition) is 1. The average molecular weight is 405 g/mol. The smallest absolute Gasteiger partial charge is 0.230 e.